The first-order chi connectivity index (χ1) is 9.36. The Hall–Kier alpha value is -0.930. The number of halogens is 3. The minimum Gasteiger partial charge on any atom is -0.382 e. The number of aliphatic hydroxyl groups is 1. The minimum atomic E-state index is -4.55. The van der Waals surface area contributed by atoms with E-state index in [0.717, 1.165) is 18.1 Å². The van der Waals surface area contributed by atoms with Gasteiger partial charge in [-0.1, -0.05) is 0 Å². The lowest BCUT2D eigenvalue weighted by Crippen LogP contribution is -2.42. The fourth-order valence-corrected chi connectivity index (χ4v) is 2.83. The van der Waals surface area contributed by atoms with Crippen molar-refractivity contribution in [2.24, 2.45) is 0 Å². The lowest BCUT2D eigenvalue weighted by atomic mass is 10.3. The summed E-state index contributed by atoms with van der Waals surface area (Å²) in [6, 6.07) is 0. The topological polar surface area (TPSA) is 52.5 Å². The molecule has 1 fully saturated rings. The maximum atomic E-state index is 12.3. The molecule has 0 amide bonds. The SMILES string of the molecule is Cc1nsc(N2CCCN(CC(O)C(F)(F)F)CC2)n1. The number of rotatable bonds is 3. The second-order valence-corrected chi connectivity index (χ2v) is 5.55. The Labute approximate surface area is 119 Å². The van der Waals surface area contributed by atoms with Gasteiger partial charge in [-0.3, -0.25) is 4.90 Å². The third-order valence-corrected chi connectivity index (χ3v) is 4.05. The first kappa shape index (κ1) is 15.5. The van der Waals surface area contributed by atoms with Crippen molar-refractivity contribution in [3.63, 3.8) is 0 Å². The van der Waals surface area contributed by atoms with E-state index in [0.29, 0.717) is 25.5 Å². The molecule has 1 aliphatic rings. The Balaban J connectivity index is 1.89. The van der Waals surface area contributed by atoms with Crippen LogP contribution in [-0.2, 0) is 0 Å². The van der Waals surface area contributed by atoms with Gasteiger partial charge in [-0.05, 0) is 13.3 Å². The van der Waals surface area contributed by atoms with Crippen LogP contribution in [-0.4, -0.2) is 64.4 Å². The van der Waals surface area contributed by atoms with Gasteiger partial charge in [-0.2, -0.15) is 17.5 Å². The summed E-state index contributed by atoms with van der Waals surface area (Å²) >= 11 is 1.30. The molecule has 0 aromatic carbocycles. The third-order valence-electron chi connectivity index (χ3n) is 3.18. The summed E-state index contributed by atoms with van der Waals surface area (Å²) < 4.78 is 41.1. The summed E-state index contributed by atoms with van der Waals surface area (Å²) in [5.74, 6) is 0.707. The summed E-state index contributed by atoms with van der Waals surface area (Å²) in [6.45, 7) is 3.80. The fourth-order valence-electron chi connectivity index (χ4n) is 2.11. The number of hydrogen-bond donors (Lipinski definition) is 1. The Morgan fingerprint density at radius 1 is 1.30 bits per heavy atom. The molecule has 0 bridgehead atoms. The smallest absolute Gasteiger partial charge is 0.382 e. The quantitative estimate of drug-likeness (QED) is 0.911. The van der Waals surface area contributed by atoms with E-state index in [9.17, 15) is 13.2 Å². The van der Waals surface area contributed by atoms with Crippen LogP contribution >= 0.6 is 11.5 Å². The van der Waals surface area contributed by atoms with Crippen LogP contribution in [0.4, 0.5) is 18.3 Å². The van der Waals surface area contributed by atoms with E-state index in [1.165, 1.54) is 11.5 Å². The van der Waals surface area contributed by atoms with E-state index in [4.69, 9.17) is 5.11 Å². The summed E-state index contributed by atoms with van der Waals surface area (Å²) in [5, 5.41) is 9.92. The highest BCUT2D eigenvalue weighted by molar-refractivity contribution is 7.09. The molecule has 2 heterocycles. The minimum absolute atomic E-state index is 0.369. The Morgan fingerprint density at radius 3 is 2.65 bits per heavy atom. The zero-order valence-electron chi connectivity index (χ0n) is 11.1. The molecule has 1 saturated heterocycles. The number of aliphatic hydroxyl groups excluding tert-OH is 1. The number of alkyl halides is 3. The molecule has 9 heteroatoms. The summed E-state index contributed by atoms with van der Waals surface area (Å²) in [4.78, 5) is 7.96. The van der Waals surface area contributed by atoms with Crippen LogP contribution in [0.15, 0.2) is 0 Å². The predicted octanol–water partition coefficient (Wildman–Crippen LogP) is 1.28. The highest BCUT2D eigenvalue weighted by Crippen LogP contribution is 2.22. The van der Waals surface area contributed by atoms with E-state index >= 15 is 0 Å². The highest BCUT2D eigenvalue weighted by Gasteiger charge is 2.39. The van der Waals surface area contributed by atoms with Crippen molar-refractivity contribution < 1.29 is 18.3 Å². The van der Waals surface area contributed by atoms with Crippen LogP contribution in [0.5, 0.6) is 0 Å². The van der Waals surface area contributed by atoms with Crippen molar-refractivity contribution in [2.45, 2.75) is 25.6 Å². The molecule has 1 N–H and O–H groups in total. The lowest BCUT2D eigenvalue weighted by Gasteiger charge is -2.24. The van der Waals surface area contributed by atoms with Crippen LogP contribution in [0.2, 0.25) is 0 Å². The number of hydrogen-bond acceptors (Lipinski definition) is 6. The third kappa shape index (κ3) is 4.03. The first-order valence-electron chi connectivity index (χ1n) is 6.38. The maximum absolute atomic E-state index is 12.3. The Kier molecular flexibility index (Phi) is 4.82. The van der Waals surface area contributed by atoms with Gasteiger partial charge in [-0.15, -0.1) is 0 Å². The average Bonchev–Trinajstić information content (AvgIpc) is 2.65. The van der Waals surface area contributed by atoms with E-state index in [2.05, 4.69) is 9.36 Å². The second-order valence-electron chi connectivity index (χ2n) is 4.82. The van der Waals surface area contributed by atoms with Gasteiger partial charge in [0.2, 0.25) is 5.13 Å². The average molecular weight is 310 g/mol. The highest BCUT2D eigenvalue weighted by atomic mass is 32.1. The van der Waals surface area contributed by atoms with Crippen LogP contribution < -0.4 is 4.90 Å². The molecule has 0 radical (unpaired) electrons. The van der Waals surface area contributed by atoms with E-state index in [1.807, 2.05) is 11.8 Å². The number of nitrogens with zero attached hydrogens (tertiary/aromatic N) is 4. The van der Waals surface area contributed by atoms with Gasteiger partial charge >= 0.3 is 6.18 Å². The van der Waals surface area contributed by atoms with Crippen LogP contribution in [0.25, 0.3) is 0 Å². The number of anilines is 1. The first-order valence-corrected chi connectivity index (χ1v) is 7.16. The van der Waals surface area contributed by atoms with Gasteiger partial charge in [0.25, 0.3) is 0 Å². The van der Waals surface area contributed by atoms with Gasteiger partial charge < -0.3 is 10.0 Å². The Morgan fingerprint density at radius 2 is 2.05 bits per heavy atom. The number of aromatic nitrogens is 2. The molecule has 2 rings (SSSR count). The monoisotopic (exact) mass is 310 g/mol. The molecular weight excluding hydrogens is 293 g/mol. The summed E-state index contributed by atoms with van der Waals surface area (Å²) in [5.41, 5.74) is 0. The van der Waals surface area contributed by atoms with Crippen molar-refractivity contribution in [3.8, 4) is 0 Å². The Bertz CT molecular complexity index is 440. The maximum Gasteiger partial charge on any atom is 0.415 e. The van der Waals surface area contributed by atoms with Crippen LogP contribution in [0, 0.1) is 6.92 Å². The molecule has 0 aliphatic carbocycles. The summed E-state index contributed by atoms with van der Waals surface area (Å²) in [6.07, 6.45) is -6.09. The van der Waals surface area contributed by atoms with Crippen molar-refractivity contribution in [1.82, 2.24) is 14.3 Å². The molecule has 1 aromatic rings. The molecule has 5 nitrogen and oxygen atoms in total. The van der Waals surface area contributed by atoms with Crippen LogP contribution in [0.3, 0.4) is 0 Å². The van der Waals surface area contributed by atoms with Gasteiger partial charge in [-0.25, -0.2) is 4.98 Å². The van der Waals surface area contributed by atoms with Gasteiger partial charge in [0.1, 0.15) is 5.82 Å². The predicted molar refractivity (Wildman–Crippen MR) is 70.0 cm³/mol. The molecule has 20 heavy (non-hydrogen) atoms. The largest absolute Gasteiger partial charge is 0.415 e. The molecule has 114 valence electrons. The molecule has 1 unspecified atom stereocenters. The normalized spacial score (nSPS) is 19.9. The van der Waals surface area contributed by atoms with Gasteiger partial charge in [0, 0.05) is 44.3 Å². The molecule has 1 aliphatic heterocycles. The standard InChI is InChI=1S/C11H17F3N4OS/c1-8-15-10(20-16-8)18-4-2-3-17(5-6-18)7-9(19)11(12,13)14/h9,19H,2-7H2,1H3. The van der Waals surface area contributed by atoms with Crippen molar-refractivity contribution >= 4 is 16.7 Å². The second kappa shape index (κ2) is 6.23. The molecule has 1 atom stereocenters. The zero-order chi connectivity index (χ0) is 14.8. The molecule has 0 saturated carbocycles. The number of aryl methyl sites for hydroxylation is 1. The molecule has 1 aromatic heterocycles. The van der Waals surface area contributed by atoms with E-state index in [1.54, 1.807) is 4.90 Å². The van der Waals surface area contributed by atoms with Crippen LogP contribution in [0.1, 0.15) is 12.2 Å². The summed E-state index contributed by atoms with van der Waals surface area (Å²) in [7, 11) is 0. The molecular formula is C11H17F3N4OS. The van der Waals surface area contributed by atoms with E-state index < -0.39 is 12.3 Å². The molecule has 0 spiro atoms. The fraction of sp³-hybridized carbons (Fsp3) is 0.818. The van der Waals surface area contributed by atoms with Gasteiger partial charge in [0.05, 0.1) is 0 Å². The lowest BCUT2D eigenvalue weighted by molar-refractivity contribution is -0.208. The van der Waals surface area contributed by atoms with Crippen molar-refractivity contribution in [3.05, 3.63) is 5.82 Å². The zero-order valence-corrected chi connectivity index (χ0v) is 11.9. The number of β-amino-alcohol motifs (C(OH)–C–C–N with tert-alkyl or cyclic N) is 1. The van der Waals surface area contributed by atoms with Crippen molar-refractivity contribution in [2.75, 3.05) is 37.6 Å². The van der Waals surface area contributed by atoms with Crippen molar-refractivity contribution in [1.29, 1.82) is 0 Å². The van der Waals surface area contributed by atoms with Gasteiger partial charge in [0.15, 0.2) is 6.10 Å². The van der Waals surface area contributed by atoms with E-state index in [-0.39, 0.29) is 6.54 Å².